The molecule has 1 aliphatic heterocycles. The molecule has 0 radical (unpaired) electrons. The number of fused-ring (bicyclic) bond motifs is 3. The zero-order chi connectivity index (χ0) is 26.6. The summed E-state index contributed by atoms with van der Waals surface area (Å²) in [6.45, 7) is 6.27. The molecule has 0 saturated carbocycles. The summed E-state index contributed by atoms with van der Waals surface area (Å²) in [5, 5.41) is 10.6. The normalized spacial score (nSPS) is 18.5. The number of amides is 1. The van der Waals surface area contributed by atoms with Gasteiger partial charge in [0.1, 0.15) is 17.8 Å². The minimum absolute atomic E-state index is 0.0129. The van der Waals surface area contributed by atoms with Gasteiger partial charge in [-0.25, -0.2) is 14.6 Å². The number of pyridine rings is 1. The number of aryl methyl sites for hydroxylation is 1. The first kappa shape index (κ1) is 24.1. The predicted molar refractivity (Wildman–Crippen MR) is 151 cm³/mol. The molecule has 6 rings (SSSR count). The summed E-state index contributed by atoms with van der Waals surface area (Å²) in [4.78, 5) is 38.2. The van der Waals surface area contributed by atoms with Gasteiger partial charge in [-0.15, -0.1) is 0 Å². The molecule has 3 aromatic heterocycles. The van der Waals surface area contributed by atoms with Crippen LogP contribution in [0.25, 0.3) is 27.4 Å². The topological polar surface area (TPSA) is 133 Å². The molecule has 0 spiro atoms. The van der Waals surface area contributed by atoms with E-state index in [4.69, 9.17) is 10.8 Å². The summed E-state index contributed by atoms with van der Waals surface area (Å²) in [5.74, 6) is 0.191. The molecule has 11 heteroatoms. The van der Waals surface area contributed by atoms with Gasteiger partial charge in [-0.2, -0.15) is 5.10 Å². The number of amidine groups is 1. The number of hydrogen-bond acceptors (Lipinski definition) is 8. The lowest BCUT2D eigenvalue weighted by atomic mass is 9.99. The lowest BCUT2D eigenvalue weighted by Gasteiger charge is -2.16. The minimum atomic E-state index is -0.146. The molecule has 0 saturated heterocycles. The Morgan fingerprint density at radius 1 is 1.24 bits per heavy atom. The third-order valence-electron chi connectivity index (χ3n) is 6.84. The van der Waals surface area contributed by atoms with Crippen molar-refractivity contribution in [2.24, 2.45) is 4.99 Å². The molecule has 1 aliphatic carbocycles. The summed E-state index contributed by atoms with van der Waals surface area (Å²) in [7, 11) is 0. The fourth-order valence-corrected chi connectivity index (χ4v) is 6.28. The number of nitrogens with one attached hydrogen (secondary N) is 1. The van der Waals surface area contributed by atoms with Crippen molar-refractivity contribution in [2.45, 2.75) is 45.2 Å². The number of nitrogens with two attached hydrogens (primary N) is 1. The average molecular weight is 527 g/mol. The van der Waals surface area contributed by atoms with Gasteiger partial charge in [-0.3, -0.25) is 14.6 Å². The molecule has 3 N–H and O–H groups in total. The number of hydrogen-bond donors (Lipinski definition) is 2. The molecule has 38 heavy (non-hydrogen) atoms. The van der Waals surface area contributed by atoms with Crippen LogP contribution in [0.1, 0.15) is 30.8 Å². The van der Waals surface area contributed by atoms with Crippen LogP contribution in [-0.2, 0) is 17.9 Å². The van der Waals surface area contributed by atoms with E-state index in [-0.39, 0.29) is 22.8 Å². The Balaban J connectivity index is 1.43. The van der Waals surface area contributed by atoms with Gasteiger partial charge in [0.05, 0.1) is 28.6 Å². The number of aliphatic imine (C=N–C) groups is 1. The highest BCUT2D eigenvalue weighted by molar-refractivity contribution is 8.14. The van der Waals surface area contributed by atoms with Gasteiger partial charge >= 0.3 is 0 Å². The van der Waals surface area contributed by atoms with Crippen LogP contribution < -0.4 is 16.6 Å². The second-order valence-electron chi connectivity index (χ2n) is 9.36. The Bertz CT molecular complexity index is 1780. The standard InChI is InChI=1S/C27H26N8O2S/c1-4-34-18(10-16-7-5-6-14(2)21(16)26(34)37)12-35-25-22(24(28)29-13-30-25)23(33-35)17-8-9-19-20(11-17)38-27(32-19)31-15(3)36/h5-11,13,19-20H,4,12H2,1-3H3,(H2,28,29,30)(H,31,32,36). The smallest absolute Gasteiger partial charge is 0.258 e. The first-order chi connectivity index (χ1) is 18.3. The van der Waals surface area contributed by atoms with E-state index in [1.54, 1.807) is 9.25 Å². The molecule has 1 amide bonds. The summed E-state index contributed by atoms with van der Waals surface area (Å²) in [6.07, 6.45) is 7.50. The van der Waals surface area contributed by atoms with Crippen molar-refractivity contribution in [3.63, 3.8) is 0 Å². The molecule has 2 aliphatic rings. The Labute approximate surface area is 222 Å². The van der Waals surface area contributed by atoms with Gasteiger partial charge in [-0.05, 0) is 36.4 Å². The van der Waals surface area contributed by atoms with E-state index in [1.807, 2.05) is 50.3 Å². The number of rotatable bonds is 4. The summed E-state index contributed by atoms with van der Waals surface area (Å²) < 4.78 is 3.57. The number of carbonyl (C=O) groups is 1. The maximum absolute atomic E-state index is 13.4. The van der Waals surface area contributed by atoms with Crippen molar-refractivity contribution in [1.82, 2.24) is 29.6 Å². The van der Waals surface area contributed by atoms with E-state index in [1.165, 1.54) is 25.0 Å². The van der Waals surface area contributed by atoms with E-state index in [9.17, 15) is 9.59 Å². The number of carbonyl (C=O) groups excluding carboxylic acids is 1. The maximum Gasteiger partial charge on any atom is 0.258 e. The highest BCUT2D eigenvalue weighted by Crippen LogP contribution is 2.37. The fourth-order valence-electron chi connectivity index (χ4n) is 5.13. The number of aromatic nitrogens is 5. The van der Waals surface area contributed by atoms with Crippen molar-refractivity contribution >= 4 is 56.0 Å². The van der Waals surface area contributed by atoms with Crippen LogP contribution >= 0.6 is 11.8 Å². The number of allylic oxidation sites excluding steroid dienone is 2. The number of thioether (sulfide) groups is 1. The lowest BCUT2D eigenvalue weighted by Crippen LogP contribution is -2.25. The van der Waals surface area contributed by atoms with Gasteiger partial charge < -0.3 is 15.6 Å². The van der Waals surface area contributed by atoms with Gasteiger partial charge in [-0.1, -0.05) is 48.2 Å². The van der Waals surface area contributed by atoms with Crippen molar-refractivity contribution < 1.29 is 4.79 Å². The number of nitrogens with zero attached hydrogens (tertiary/aromatic N) is 6. The molecule has 192 valence electrons. The average Bonchev–Trinajstić information content (AvgIpc) is 3.44. The quantitative estimate of drug-likeness (QED) is 0.418. The molecule has 2 atom stereocenters. The Hall–Kier alpha value is -4.25. The molecule has 10 nitrogen and oxygen atoms in total. The first-order valence-electron chi connectivity index (χ1n) is 12.4. The summed E-state index contributed by atoms with van der Waals surface area (Å²) >= 11 is 1.50. The van der Waals surface area contributed by atoms with Crippen LogP contribution in [-0.4, -0.2) is 46.7 Å². The maximum atomic E-state index is 13.4. The predicted octanol–water partition coefficient (Wildman–Crippen LogP) is 3.03. The molecular formula is C27H26N8O2S. The molecule has 4 heterocycles. The highest BCUT2D eigenvalue weighted by Gasteiger charge is 2.31. The monoisotopic (exact) mass is 526 g/mol. The van der Waals surface area contributed by atoms with Crippen molar-refractivity contribution in [3.8, 4) is 0 Å². The van der Waals surface area contributed by atoms with Gasteiger partial charge in [0, 0.05) is 19.2 Å². The van der Waals surface area contributed by atoms with Crippen molar-refractivity contribution in [1.29, 1.82) is 0 Å². The zero-order valence-corrected chi connectivity index (χ0v) is 22.0. The summed E-state index contributed by atoms with van der Waals surface area (Å²) in [6, 6.07) is 7.87. The third kappa shape index (κ3) is 3.99. The molecule has 0 bridgehead atoms. The SMILES string of the molecule is CCn1c(Cn2nc(C3=CC4SC(NC(C)=O)=NC4C=C3)c3c(N)ncnc32)cc2cccc(C)c2c1=O. The summed E-state index contributed by atoms with van der Waals surface area (Å²) in [5.41, 5.74) is 10.3. The van der Waals surface area contributed by atoms with Crippen LogP contribution in [0, 0.1) is 6.92 Å². The van der Waals surface area contributed by atoms with Crippen molar-refractivity contribution in [2.75, 3.05) is 5.73 Å². The fraction of sp³-hybridized carbons (Fsp3) is 0.259. The van der Waals surface area contributed by atoms with Crippen LogP contribution in [0.2, 0.25) is 0 Å². The van der Waals surface area contributed by atoms with Crippen molar-refractivity contribution in [3.05, 3.63) is 76.1 Å². The second-order valence-corrected chi connectivity index (χ2v) is 10.5. The van der Waals surface area contributed by atoms with Crippen LogP contribution in [0.3, 0.4) is 0 Å². The van der Waals surface area contributed by atoms with E-state index in [0.29, 0.717) is 40.8 Å². The van der Waals surface area contributed by atoms with Gasteiger partial charge in [0.2, 0.25) is 5.91 Å². The minimum Gasteiger partial charge on any atom is -0.383 e. The Morgan fingerprint density at radius 2 is 2.08 bits per heavy atom. The lowest BCUT2D eigenvalue weighted by molar-refractivity contribution is -0.117. The van der Waals surface area contributed by atoms with Crippen LogP contribution in [0.4, 0.5) is 5.82 Å². The Morgan fingerprint density at radius 3 is 2.87 bits per heavy atom. The van der Waals surface area contributed by atoms with Gasteiger partial charge in [0.25, 0.3) is 5.56 Å². The highest BCUT2D eigenvalue weighted by atomic mass is 32.2. The molecule has 2 unspecified atom stereocenters. The molecule has 1 aromatic carbocycles. The number of nitrogen functional groups attached to an aromatic ring is 1. The molecule has 0 fully saturated rings. The first-order valence-corrected chi connectivity index (χ1v) is 13.2. The second kappa shape index (κ2) is 9.25. The number of benzene rings is 1. The molecule has 4 aromatic rings. The van der Waals surface area contributed by atoms with Gasteiger partial charge in [0.15, 0.2) is 10.8 Å². The zero-order valence-electron chi connectivity index (χ0n) is 21.2. The third-order valence-corrected chi connectivity index (χ3v) is 7.96. The van der Waals surface area contributed by atoms with E-state index in [0.717, 1.165) is 27.6 Å². The number of anilines is 1. The van der Waals surface area contributed by atoms with E-state index in [2.05, 4.69) is 26.4 Å². The van der Waals surface area contributed by atoms with Crippen LogP contribution in [0.15, 0.2) is 58.6 Å². The largest absolute Gasteiger partial charge is 0.383 e. The van der Waals surface area contributed by atoms with E-state index >= 15 is 0 Å². The molecular weight excluding hydrogens is 500 g/mol. The van der Waals surface area contributed by atoms with E-state index < -0.39 is 0 Å². The van der Waals surface area contributed by atoms with Crippen LogP contribution in [0.5, 0.6) is 0 Å². The Kier molecular flexibility index (Phi) is 5.87.